The van der Waals surface area contributed by atoms with Gasteiger partial charge in [0.2, 0.25) is 5.91 Å². The van der Waals surface area contributed by atoms with Crippen molar-refractivity contribution in [3.05, 3.63) is 0 Å². The molecule has 0 aliphatic rings. The van der Waals surface area contributed by atoms with Crippen LogP contribution in [0, 0.1) is 0 Å². The summed E-state index contributed by atoms with van der Waals surface area (Å²) in [5.41, 5.74) is 0. The van der Waals surface area contributed by atoms with Gasteiger partial charge in [-0.1, -0.05) is 0 Å². The van der Waals surface area contributed by atoms with Crippen LogP contribution in [0.3, 0.4) is 0 Å². The van der Waals surface area contributed by atoms with Crippen molar-refractivity contribution in [1.82, 2.24) is 5.32 Å². The van der Waals surface area contributed by atoms with Crippen molar-refractivity contribution >= 4 is 5.91 Å². The van der Waals surface area contributed by atoms with Gasteiger partial charge in [0.1, 0.15) is 0 Å². The Hall–Kier alpha value is -0.570. The molecule has 0 saturated carbocycles. The average molecular weight is 145 g/mol. The van der Waals surface area contributed by atoms with E-state index in [1.165, 1.54) is 6.92 Å². The van der Waals surface area contributed by atoms with Crippen molar-refractivity contribution in [3.8, 4) is 0 Å². The lowest BCUT2D eigenvalue weighted by atomic mass is 10.1. The van der Waals surface area contributed by atoms with E-state index in [9.17, 15) is 4.79 Å². The van der Waals surface area contributed by atoms with Gasteiger partial charge in [0.05, 0.1) is 6.10 Å². The molecule has 3 nitrogen and oxygen atoms in total. The van der Waals surface area contributed by atoms with E-state index in [1.54, 1.807) is 6.92 Å². The molecule has 0 fully saturated rings. The Morgan fingerprint density at radius 3 is 2.40 bits per heavy atom. The summed E-state index contributed by atoms with van der Waals surface area (Å²) in [4.78, 5) is 10.4. The fourth-order valence-corrected chi connectivity index (χ4v) is 0.918. The summed E-state index contributed by atoms with van der Waals surface area (Å²) in [5.74, 6) is -0.0480. The normalized spacial score (nSPS) is 16.0. The fourth-order valence-electron chi connectivity index (χ4n) is 0.918. The van der Waals surface area contributed by atoms with Gasteiger partial charge >= 0.3 is 0 Å². The smallest absolute Gasteiger partial charge is 0.217 e. The number of amides is 1. The van der Waals surface area contributed by atoms with Crippen molar-refractivity contribution in [3.63, 3.8) is 0 Å². The first-order valence-electron chi connectivity index (χ1n) is 3.47. The molecule has 0 spiro atoms. The van der Waals surface area contributed by atoms with Crippen molar-refractivity contribution in [2.75, 3.05) is 0 Å². The Balaban J connectivity index is 3.43. The Morgan fingerprint density at radius 1 is 1.60 bits per heavy atom. The minimum Gasteiger partial charge on any atom is -0.393 e. The number of nitrogens with one attached hydrogen (secondary N) is 1. The number of aliphatic hydroxyl groups is 1. The highest BCUT2D eigenvalue weighted by atomic mass is 16.3. The van der Waals surface area contributed by atoms with Gasteiger partial charge in [-0.2, -0.15) is 0 Å². The van der Waals surface area contributed by atoms with E-state index >= 15 is 0 Å². The third kappa shape index (κ3) is 5.56. The molecule has 0 aromatic rings. The van der Waals surface area contributed by atoms with E-state index in [4.69, 9.17) is 5.11 Å². The molecule has 0 aromatic carbocycles. The second-order valence-corrected chi connectivity index (χ2v) is 2.69. The first-order chi connectivity index (χ1) is 4.52. The second kappa shape index (κ2) is 4.28. The molecule has 3 heteroatoms. The van der Waals surface area contributed by atoms with Crippen LogP contribution in [-0.2, 0) is 4.79 Å². The quantitative estimate of drug-likeness (QED) is 0.599. The summed E-state index contributed by atoms with van der Waals surface area (Å²) in [6.45, 7) is 5.05. The molecule has 0 aromatic heterocycles. The van der Waals surface area contributed by atoms with E-state index in [2.05, 4.69) is 5.32 Å². The maximum absolute atomic E-state index is 10.4. The third-order valence-electron chi connectivity index (χ3n) is 1.14. The van der Waals surface area contributed by atoms with Gasteiger partial charge in [-0.25, -0.2) is 0 Å². The highest BCUT2D eigenvalue weighted by Gasteiger charge is 2.05. The maximum Gasteiger partial charge on any atom is 0.217 e. The van der Waals surface area contributed by atoms with E-state index in [0.717, 1.165) is 0 Å². The largest absolute Gasteiger partial charge is 0.393 e. The lowest BCUT2D eigenvalue weighted by Gasteiger charge is -2.13. The van der Waals surface area contributed by atoms with Crippen LogP contribution in [0.2, 0.25) is 0 Å². The van der Waals surface area contributed by atoms with Crippen molar-refractivity contribution < 1.29 is 9.90 Å². The van der Waals surface area contributed by atoms with Crippen LogP contribution >= 0.6 is 0 Å². The molecule has 0 unspecified atom stereocenters. The second-order valence-electron chi connectivity index (χ2n) is 2.69. The fraction of sp³-hybridized carbons (Fsp3) is 0.857. The highest BCUT2D eigenvalue weighted by Crippen LogP contribution is 1.95. The van der Waals surface area contributed by atoms with Crippen LogP contribution in [0.1, 0.15) is 27.2 Å². The van der Waals surface area contributed by atoms with E-state index < -0.39 is 0 Å². The maximum atomic E-state index is 10.4. The molecule has 2 N–H and O–H groups in total. The van der Waals surface area contributed by atoms with Crippen LogP contribution in [0.5, 0.6) is 0 Å². The Bertz CT molecular complexity index is 112. The summed E-state index contributed by atoms with van der Waals surface area (Å²) in [6.07, 6.45) is 0.265. The van der Waals surface area contributed by atoms with Crippen molar-refractivity contribution in [1.29, 1.82) is 0 Å². The number of carbonyl (C=O) groups excluding carboxylic acids is 1. The number of hydrogen-bond acceptors (Lipinski definition) is 2. The first-order valence-corrected chi connectivity index (χ1v) is 3.47. The summed E-state index contributed by atoms with van der Waals surface area (Å²) < 4.78 is 0. The molecule has 60 valence electrons. The summed E-state index contributed by atoms with van der Waals surface area (Å²) in [7, 11) is 0. The van der Waals surface area contributed by atoms with Gasteiger partial charge in [0.15, 0.2) is 0 Å². The van der Waals surface area contributed by atoms with Crippen LogP contribution in [0.4, 0.5) is 0 Å². The zero-order valence-corrected chi connectivity index (χ0v) is 6.72. The molecular formula is C7H15NO2. The van der Waals surface area contributed by atoms with Gasteiger partial charge < -0.3 is 10.4 Å². The zero-order chi connectivity index (χ0) is 8.15. The average Bonchev–Trinajstić information content (AvgIpc) is 1.58. The Labute approximate surface area is 61.4 Å². The summed E-state index contributed by atoms with van der Waals surface area (Å²) >= 11 is 0. The standard InChI is InChI=1S/C7H15NO2/c1-5(4-6(2)9)8-7(3)10/h5-6,9H,4H2,1-3H3,(H,8,10)/t5-,6-/m1/s1. The van der Waals surface area contributed by atoms with Crippen LogP contribution in [-0.4, -0.2) is 23.2 Å². The summed E-state index contributed by atoms with van der Waals surface area (Å²) in [5, 5.41) is 11.6. The molecule has 0 bridgehead atoms. The molecule has 0 aliphatic carbocycles. The molecule has 10 heavy (non-hydrogen) atoms. The van der Waals surface area contributed by atoms with Gasteiger partial charge in [-0.15, -0.1) is 0 Å². The van der Waals surface area contributed by atoms with Crippen LogP contribution in [0.15, 0.2) is 0 Å². The Morgan fingerprint density at radius 2 is 2.10 bits per heavy atom. The molecule has 0 aliphatic heterocycles. The zero-order valence-electron chi connectivity index (χ0n) is 6.72. The highest BCUT2D eigenvalue weighted by molar-refractivity contribution is 5.73. The SMILES string of the molecule is CC(=O)N[C@H](C)C[C@@H](C)O. The summed E-state index contributed by atoms with van der Waals surface area (Å²) in [6, 6.07) is 0.0671. The minimum atomic E-state index is -0.346. The molecule has 0 radical (unpaired) electrons. The molecule has 0 heterocycles. The van der Waals surface area contributed by atoms with Gasteiger partial charge in [-0.3, -0.25) is 4.79 Å². The minimum absolute atomic E-state index is 0.0480. The van der Waals surface area contributed by atoms with E-state index in [1.807, 2.05) is 6.92 Å². The Kier molecular flexibility index (Phi) is 4.03. The first kappa shape index (κ1) is 9.43. The van der Waals surface area contributed by atoms with Gasteiger partial charge in [0, 0.05) is 13.0 Å². The van der Waals surface area contributed by atoms with E-state index in [-0.39, 0.29) is 18.1 Å². The lowest BCUT2D eigenvalue weighted by molar-refractivity contribution is -0.119. The number of rotatable bonds is 3. The third-order valence-corrected chi connectivity index (χ3v) is 1.14. The van der Waals surface area contributed by atoms with Crippen molar-refractivity contribution in [2.45, 2.75) is 39.3 Å². The molecule has 2 atom stereocenters. The molecular weight excluding hydrogens is 130 g/mol. The van der Waals surface area contributed by atoms with E-state index in [0.29, 0.717) is 6.42 Å². The predicted molar refractivity (Wildman–Crippen MR) is 39.6 cm³/mol. The van der Waals surface area contributed by atoms with Crippen molar-refractivity contribution in [2.24, 2.45) is 0 Å². The van der Waals surface area contributed by atoms with Crippen LogP contribution < -0.4 is 5.32 Å². The molecule has 0 rings (SSSR count). The predicted octanol–water partition coefficient (Wildman–Crippen LogP) is 0.282. The topological polar surface area (TPSA) is 49.3 Å². The number of carbonyl (C=O) groups is 1. The lowest BCUT2D eigenvalue weighted by Crippen LogP contribution is -2.32. The molecule has 1 amide bonds. The monoisotopic (exact) mass is 145 g/mol. The van der Waals surface area contributed by atoms with Gasteiger partial charge in [-0.05, 0) is 20.3 Å². The van der Waals surface area contributed by atoms with Gasteiger partial charge in [0.25, 0.3) is 0 Å². The molecule has 0 saturated heterocycles. The number of hydrogen-bond donors (Lipinski definition) is 2. The number of aliphatic hydroxyl groups excluding tert-OH is 1. The van der Waals surface area contributed by atoms with Crippen LogP contribution in [0.25, 0.3) is 0 Å².